The Hall–Kier alpha value is -1.84. The number of nitrogens with one attached hydrogen (secondary N) is 1. The summed E-state index contributed by atoms with van der Waals surface area (Å²) in [4.78, 5) is 4.23. The van der Waals surface area contributed by atoms with Gasteiger partial charge in [0, 0.05) is 24.5 Å². The van der Waals surface area contributed by atoms with Crippen molar-refractivity contribution >= 4 is 5.95 Å². The molecule has 2 unspecified atom stereocenters. The van der Waals surface area contributed by atoms with Gasteiger partial charge >= 0.3 is 0 Å². The summed E-state index contributed by atoms with van der Waals surface area (Å²) in [6.07, 6.45) is 3.70. The molecule has 0 fully saturated rings. The number of benzene rings is 1. The van der Waals surface area contributed by atoms with Crippen molar-refractivity contribution in [3.63, 3.8) is 0 Å². The predicted octanol–water partition coefficient (Wildman–Crippen LogP) is 2.83. The van der Waals surface area contributed by atoms with Crippen LogP contribution in [-0.2, 0) is 6.54 Å². The number of hydrogen-bond donors (Lipinski definition) is 1. The highest BCUT2D eigenvalue weighted by molar-refractivity contribution is 5.36. The van der Waals surface area contributed by atoms with E-state index in [0.717, 1.165) is 12.5 Å². The minimum absolute atomic E-state index is 0.00824. The highest BCUT2D eigenvalue weighted by Gasteiger charge is 2.27. The SMILES string of the molecule is CC1Cn2ccnc2NC1c1ccccc1F. The fourth-order valence-corrected chi connectivity index (χ4v) is 2.41. The Labute approximate surface area is 99.3 Å². The Kier molecular flexibility index (Phi) is 2.35. The van der Waals surface area contributed by atoms with Gasteiger partial charge in [-0.05, 0) is 12.0 Å². The van der Waals surface area contributed by atoms with Gasteiger partial charge in [0.25, 0.3) is 0 Å². The number of halogens is 1. The maximum atomic E-state index is 13.8. The standard InChI is InChI=1S/C13H14FN3/c1-9-8-17-7-6-15-13(17)16-12(9)10-4-2-3-5-11(10)14/h2-7,9,12H,8H2,1H3,(H,15,16). The second-order valence-corrected chi connectivity index (χ2v) is 4.52. The minimum atomic E-state index is -0.156. The van der Waals surface area contributed by atoms with E-state index in [9.17, 15) is 4.39 Å². The summed E-state index contributed by atoms with van der Waals surface area (Å²) in [5, 5.41) is 3.30. The second kappa shape index (κ2) is 3.87. The average Bonchev–Trinajstić information content (AvgIpc) is 2.76. The lowest BCUT2D eigenvalue weighted by atomic mass is 9.93. The summed E-state index contributed by atoms with van der Waals surface area (Å²) in [5.74, 6) is 0.988. The zero-order valence-electron chi connectivity index (χ0n) is 9.60. The van der Waals surface area contributed by atoms with Crippen molar-refractivity contribution in [3.05, 3.63) is 48.0 Å². The maximum Gasteiger partial charge on any atom is 0.203 e. The van der Waals surface area contributed by atoms with E-state index in [0.29, 0.717) is 11.5 Å². The first-order chi connectivity index (χ1) is 8.25. The van der Waals surface area contributed by atoms with Gasteiger partial charge in [-0.25, -0.2) is 9.37 Å². The van der Waals surface area contributed by atoms with Gasteiger partial charge in [0.1, 0.15) is 5.82 Å². The molecule has 2 atom stereocenters. The molecule has 0 amide bonds. The molecule has 2 aromatic rings. The third-order valence-electron chi connectivity index (χ3n) is 3.29. The van der Waals surface area contributed by atoms with Crippen molar-refractivity contribution in [2.45, 2.75) is 19.5 Å². The first kappa shape index (κ1) is 10.3. The highest BCUT2D eigenvalue weighted by Crippen LogP contribution is 2.32. The molecule has 0 spiro atoms. The summed E-state index contributed by atoms with van der Waals surface area (Å²) in [6, 6.07) is 6.92. The molecule has 0 radical (unpaired) electrons. The Balaban J connectivity index is 1.98. The smallest absolute Gasteiger partial charge is 0.203 e. The Morgan fingerprint density at radius 2 is 2.24 bits per heavy atom. The summed E-state index contributed by atoms with van der Waals surface area (Å²) < 4.78 is 15.8. The number of anilines is 1. The molecule has 0 aliphatic carbocycles. The molecule has 3 rings (SSSR count). The molecule has 1 aromatic heterocycles. The average molecular weight is 231 g/mol. The minimum Gasteiger partial charge on any atom is -0.348 e. The van der Waals surface area contributed by atoms with Crippen LogP contribution in [0.25, 0.3) is 0 Å². The van der Waals surface area contributed by atoms with Gasteiger partial charge in [0.05, 0.1) is 6.04 Å². The van der Waals surface area contributed by atoms with Crippen molar-refractivity contribution in [1.82, 2.24) is 9.55 Å². The van der Waals surface area contributed by atoms with Crippen LogP contribution in [0, 0.1) is 11.7 Å². The molecule has 3 nitrogen and oxygen atoms in total. The predicted molar refractivity (Wildman–Crippen MR) is 64.2 cm³/mol. The maximum absolute atomic E-state index is 13.8. The Morgan fingerprint density at radius 1 is 1.41 bits per heavy atom. The van der Waals surface area contributed by atoms with Crippen molar-refractivity contribution in [2.24, 2.45) is 5.92 Å². The number of aromatic nitrogens is 2. The molecule has 2 heterocycles. The van der Waals surface area contributed by atoms with E-state index in [-0.39, 0.29) is 11.9 Å². The van der Waals surface area contributed by atoms with Crippen LogP contribution >= 0.6 is 0 Å². The van der Waals surface area contributed by atoms with Crippen LogP contribution in [0.15, 0.2) is 36.7 Å². The normalized spacial score (nSPS) is 22.9. The van der Waals surface area contributed by atoms with E-state index < -0.39 is 0 Å². The zero-order chi connectivity index (χ0) is 11.8. The first-order valence-corrected chi connectivity index (χ1v) is 5.78. The monoisotopic (exact) mass is 231 g/mol. The molecule has 1 aliphatic heterocycles. The van der Waals surface area contributed by atoms with E-state index >= 15 is 0 Å². The Bertz CT molecular complexity index is 535. The van der Waals surface area contributed by atoms with E-state index in [1.54, 1.807) is 12.3 Å². The largest absolute Gasteiger partial charge is 0.348 e. The van der Waals surface area contributed by atoms with Crippen LogP contribution < -0.4 is 5.32 Å². The summed E-state index contributed by atoms with van der Waals surface area (Å²) in [7, 11) is 0. The molecule has 0 bridgehead atoms. The van der Waals surface area contributed by atoms with Crippen molar-refractivity contribution in [1.29, 1.82) is 0 Å². The summed E-state index contributed by atoms with van der Waals surface area (Å²) >= 11 is 0. The number of nitrogens with zero attached hydrogens (tertiary/aromatic N) is 2. The number of hydrogen-bond acceptors (Lipinski definition) is 2. The summed E-state index contributed by atoms with van der Waals surface area (Å²) in [6.45, 7) is 2.98. The molecule has 17 heavy (non-hydrogen) atoms. The van der Waals surface area contributed by atoms with Crippen LogP contribution in [0.1, 0.15) is 18.5 Å². The molecule has 0 saturated heterocycles. The van der Waals surface area contributed by atoms with Crippen molar-refractivity contribution in [2.75, 3.05) is 5.32 Å². The molecule has 0 saturated carbocycles. The van der Waals surface area contributed by atoms with Crippen LogP contribution in [0.4, 0.5) is 10.3 Å². The van der Waals surface area contributed by atoms with Crippen LogP contribution in [0.3, 0.4) is 0 Å². The lowest BCUT2D eigenvalue weighted by Crippen LogP contribution is -2.30. The van der Waals surface area contributed by atoms with Gasteiger partial charge in [0.2, 0.25) is 5.95 Å². The molecule has 4 heteroatoms. The van der Waals surface area contributed by atoms with Gasteiger partial charge in [-0.2, -0.15) is 0 Å². The van der Waals surface area contributed by atoms with Gasteiger partial charge in [-0.1, -0.05) is 25.1 Å². The van der Waals surface area contributed by atoms with Crippen LogP contribution in [-0.4, -0.2) is 9.55 Å². The molecule has 1 aliphatic rings. The third-order valence-corrected chi connectivity index (χ3v) is 3.29. The molecule has 1 aromatic carbocycles. The highest BCUT2D eigenvalue weighted by atomic mass is 19.1. The molecule has 88 valence electrons. The van der Waals surface area contributed by atoms with Crippen molar-refractivity contribution < 1.29 is 4.39 Å². The van der Waals surface area contributed by atoms with Gasteiger partial charge in [-0.3, -0.25) is 0 Å². The Morgan fingerprint density at radius 3 is 3.06 bits per heavy atom. The molecule has 1 N–H and O–H groups in total. The topological polar surface area (TPSA) is 29.9 Å². The number of rotatable bonds is 1. The quantitative estimate of drug-likeness (QED) is 0.817. The third kappa shape index (κ3) is 1.69. The van der Waals surface area contributed by atoms with Crippen LogP contribution in [0.2, 0.25) is 0 Å². The molecular weight excluding hydrogens is 217 g/mol. The zero-order valence-corrected chi connectivity index (χ0v) is 9.60. The van der Waals surface area contributed by atoms with E-state index in [4.69, 9.17) is 0 Å². The van der Waals surface area contributed by atoms with Gasteiger partial charge in [0.15, 0.2) is 0 Å². The number of imidazole rings is 1. The van der Waals surface area contributed by atoms with E-state index in [1.165, 1.54) is 6.07 Å². The first-order valence-electron chi connectivity index (χ1n) is 5.78. The van der Waals surface area contributed by atoms with Crippen LogP contribution in [0.5, 0.6) is 0 Å². The number of fused-ring (bicyclic) bond motifs is 1. The fourth-order valence-electron chi connectivity index (χ4n) is 2.41. The van der Waals surface area contributed by atoms with Gasteiger partial charge < -0.3 is 9.88 Å². The van der Waals surface area contributed by atoms with Gasteiger partial charge in [-0.15, -0.1) is 0 Å². The van der Waals surface area contributed by atoms with E-state index in [2.05, 4.69) is 21.8 Å². The fraction of sp³-hybridized carbons (Fsp3) is 0.308. The lowest BCUT2D eigenvalue weighted by molar-refractivity contribution is 0.387. The second-order valence-electron chi connectivity index (χ2n) is 4.52. The van der Waals surface area contributed by atoms with Crippen molar-refractivity contribution in [3.8, 4) is 0 Å². The molecular formula is C13H14FN3. The van der Waals surface area contributed by atoms with E-state index in [1.807, 2.05) is 18.3 Å². The lowest BCUT2D eigenvalue weighted by Gasteiger charge is -2.32. The summed E-state index contributed by atoms with van der Waals surface area (Å²) in [5.41, 5.74) is 0.717.